The fourth-order valence-corrected chi connectivity index (χ4v) is 5.02. The first-order valence-electron chi connectivity index (χ1n) is 9.96. The first-order valence-corrected chi connectivity index (χ1v) is 12.2. The number of benzene rings is 1. The van der Waals surface area contributed by atoms with Gasteiger partial charge >= 0.3 is 0 Å². The smallest absolute Gasteiger partial charge is 0.211 e. The van der Waals surface area contributed by atoms with Crippen molar-refractivity contribution < 1.29 is 18.3 Å². The number of halogens is 1. The number of fused-ring (bicyclic) bond motifs is 1. The van der Waals surface area contributed by atoms with Crippen LogP contribution in [0.4, 0.5) is 5.69 Å². The lowest BCUT2D eigenvalue weighted by molar-refractivity contribution is 0.281. The molecule has 0 radical (unpaired) electrons. The zero-order valence-corrected chi connectivity index (χ0v) is 19.0. The second kappa shape index (κ2) is 8.66. The number of methoxy groups -OCH3 is 1. The molecule has 10 heteroatoms. The van der Waals surface area contributed by atoms with Crippen LogP contribution >= 0.6 is 11.6 Å². The number of imidazole rings is 1. The summed E-state index contributed by atoms with van der Waals surface area (Å²) in [5, 5.41) is 10.2. The van der Waals surface area contributed by atoms with Crippen molar-refractivity contribution in [3.63, 3.8) is 0 Å². The molecule has 0 aliphatic carbocycles. The number of pyridine rings is 1. The van der Waals surface area contributed by atoms with Gasteiger partial charge in [0.2, 0.25) is 10.0 Å². The Kier molecular flexibility index (Phi) is 6.11. The van der Waals surface area contributed by atoms with Crippen LogP contribution in [-0.2, 0) is 16.6 Å². The highest BCUT2D eigenvalue weighted by Crippen LogP contribution is 2.34. The van der Waals surface area contributed by atoms with Crippen LogP contribution in [0.15, 0.2) is 36.7 Å². The summed E-state index contributed by atoms with van der Waals surface area (Å²) in [6.07, 6.45) is 5.85. The molecule has 1 N–H and O–H groups in total. The zero-order valence-electron chi connectivity index (χ0n) is 17.5. The Morgan fingerprint density at radius 1 is 1.19 bits per heavy atom. The fourth-order valence-electron chi connectivity index (χ4n) is 3.90. The molecule has 0 unspecified atom stereocenters. The molecular formula is C21H25ClN4O4S. The number of nitrogens with zero attached hydrogens (tertiary/aromatic N) is 4. The lowest BCUT2D eigenvalue weighted by Gasteiger charge is -2.23. The second-order valence-electron chi connectivity index (χ2n) is 7.58. The van der Waals surface area contributed by atoms with Gasteiger partial charge in [0.15, 0.2) is 0 Å². The largest absolute Gasteiger partial charge is 0.495 e. The van der Waals surface area contributed by atoms with E-state index in [1.807, 2.05) is 28.9 Å². The Morgan fingerprint density at radius 3 is 2.71 bits per heavy atom. The van der Waals surface area contributed by atoms with Crippen molar-refractivity contribution in [3.8, 4) is 17.0 Å². The van der Waals surface area contributed by atoms with Gasteiger partial charge in [-0.25, -0.2) is 17.7 Å². The summed E-state index contributed by atoms with van der Waals surface area (Å²) < 4.78 is 32.4. The first kappa shape index (κ1) is 21.9. The van der Waals surface area contributed by atoms with E-state index in [0.717, 1.165) is 29.9 Å². The third kappa shape index (κ3) is 4.50. The molecule has 8 nitrogen and oxygen atoms in total. The van der Waals surface area contributed by atoms with Crippen LogP contribution < -0.4 is 9.64 Å². The van der Waals surface area contributed by atoms with E-state index in [1.165, 1.54) is 17.7 Å². The number of aliphatic hydroxyl groups excluding tert-OH is 1. The van der Waals surface area contributed by atoms with Crippen LogP contribution in [-0.4, -0.2) is 66.8 Å². The lowest BCUT2D eigenvalue weighted by Crippen LogP contribution is -2.34. The maximum atomic E-state index is 11.9. The van der Waals surface area contributed by atoms with E-state index in [0.29, 0.717) is 41.7 Å². The van der Waals surface area contributed by atoms with E-state index in [9.17, 15) is 13.5 Å². The standard InChI is InChI=1S/C21H25ClN4O4S/c1-30-20-10-15(14-27)17(12-18(20)22)19-13-25-7-4-16(11-21(25)23-19)24-5-3-6-26(9-8-24)31(2,28)29/h4,7,10-13,27H,3,5-6,8-9,14H2,1-2H3. The van der Waals surface area contributed by atoms with Crippen molar-refractivity contribution in [1.82, 2.24) is 13.7 Å². The molecule has 1 aromatic carbocycles. The summed E-state index contributed by atoms with van der Waals surface area (Å²) in [6, 6.07) is 7.47. The molecule has 1 fully saturated rings. The number of hydrogen-bond donors (Lipinski definition) is 1. The Morgan fingerprint density at radius 2 is 2.00 bits per heavy atom. The van der Waals surface area contributed by atoms with Crippen LogP contribution in [0.2, 0.25) is 5.02 Å². The molecule has 0 saturated carbocycles. The van der Waals surface area contributed by atoms with E-state index in [-0.39, 0.29) is 6.61 Å². The van der Waals surface area contributed by atoms with Gasteiger partial charge in [0.25, 0.3) is 0 Å². The number of hydrogen-bond acceptors (Lipinski definition) is 6. The highest BCUT2D eigenvalue weighted by molar-refractivity contribution is 7.88. The highest BCUT2D eigenvalue weighted by atomic mass is 35.5. The molecule has 1 saturated heterocycles. The normalized spacial score (nSPS) is 15.9. The third-order valence-electron chi connectivity index (χ3n) is 5.56. The Hall–Kier alpha value is -2.33. The molecule has 3 heterocycles. The number of rotatable bonds is 5. The van der Waals surface area contributed by atoms with Crippen LogP contribution in [0.25, 0.3) is 16.9 Å². The maximum absolute atomic E-state index is 11.9. The van der Waals surface area contributed by atoms with Gasteiger partial charge in [-0.2, -0.15) is 0 Å². The summed E-state index contributed by atoms with van der Waals surface area (Å²) in [5.74, 6) is 0.504. The number of ether oxygens (including phenoxy) is 1. The minimum Gasteiger partial charge on any atom is -0.495 e. The number of aromatic nitrogens is 2. The van der Waals surface area contributed by atoms with Gasteiger partial charge in [-0.05, 0) is 30.2 Å². The average Bonchev–Trinajstić information content (AvgIpc) is 2.99. The van der Waals surface area contributed by atoms with Gasteiger partial charge in [-0.15, -0.1) is 0 Å². The van der Waals surface area contributed by atoms with Gasteiger partial charge in [-0.1, -0.05) is 11.6 Å². The van der Waals surface area contributed by atoms with Crippen LogP contribution in [0, 0.1) is 0 Å². The van der Waals surface area contributed by atoms with Gasteiger partial charge in [0, 0.05) is 55.9 Å². The summed E-state index contributed by atoms with van der Waals surface area (Å²) >= 11 is 6.30. The Balaban J connectivity index is 1.65. The minimum atomic E-state index is -3.18. The summed E-state index contributed by atoms with van der Waals surface area (Å²) in [7, 11) is -1.65. The first-order chi connectivity index (χ1) is 14.8. The van der Waals surface area contributed by atoms with Crippen molar-refractivity contribution in [3.05, 3.63) is 47.2 Å². The van der Waals surface area contributed by atoms with Crippen molar-refractivity contribution in [1.29, 1.82) is 0 Å². The van der Waals surface area contributed by atoms with Crippen molar-refractivity contribution in [2.24, 2.45) is 0 Å². The van der Waals surface area contributed by atoms with Crippen LogP contribution in [0.1, 0.15) is 12.0 Å². The van der Waals surface area contributed by atoms with Crippen molar-refractivity contribution in [2.45, 2.75) is 13.0 Å². The topological polar surface area (TPSA) is 87.4 Å². The molecule has 3 aromatic rings. The summed E-state index contributed by atoms with van der Waals surface area (Å²) in [6.45, 7) is 2.24. The van der Waals surface area contributed by atoms with Crippen LogP contribution in [0.5, 0.6) is 5.75 Å². The highest BCUT2D eigenvalue weighted by Gasteiger charge is 2.22. The SMILES string of the molecule is COc1cc(CO)c(-c2cn3ccc(N4CCCN(S(C)(=O)=O)CC4)cc3n2)cc1Cl. The summed E-state index contributed by atoms with van der Waals surface area (Å²) in [4.78, 5) is 6.92. The Bertz CT molecular complexity index is 1210. The Labute approximate surface area is 186 Å². The number of anilines is 1. The molecule has 4 rings (SSSR count). The number of aliphatic hydroxyl groups is 1. The van der Waals surface area contributed by atoms with Gasteiger partial charge < -0.3 is 19.1 Å². The fraction of sp³-hybridized carbons (Fsp3) is 0.381. The van der Waals surface area contributed by atoms with Gasteiger partial charge in [0.1, 0.15) is 11.4 Å². The van der Waals surface area contributed by atoms with Crippen molar-refractivity contribution in [2.75, 3.05) is 44.4 Å². The molecule has 0 bridgehead atoms. The third-order valence-corrected chi connectivity index (χ3v) is 7.16. The predicted molar refractivity (Wildman–Crippen MR) is 121 cm³/mol. The van der Waals surface area contributed by atoms with Crippen molar-refractivity contribution >= 4 is 33.0 Å². The molecule has 1 aliphatic rings. The molecule has 31 heavy (non-hydrogen) atoms. The van der Waals surface area contributed by atoms with E-state index < -0.39 is 10.0 Å². The molecule has 1 aliphatic heterocycles. The molecule has 0 atom stereocenters. The van der Waals surface area contributed by atoms with Gasteiger partial charge in [0.05, 0.1) is 30.7 Å². The van der Waals surface area contributed by atoms with Crippen LogP contribution in [0.3, 0.4) is 0 Å². The summed E-state index contributed by atoms with van der Waals surface area (Å²) in [5.41, 5.74) is 3.88. The molecule has 2 aromatic heterocycles. The van der Waals surface area contributed by atoms with Gasteiger partial charge in [-0.3, -0.25) is 0 Å². The van der Waals surface area contributed by atoms with E-state index in [2.05, 4.69) is 4.90 Å². The van der Waals surface area contributed by atoms with E-state index in [1.54, 1.807) is 12.1 Å². The zero-order chi connectivity index (χ0) is 22.2. The quantitative estimate of drug-likeness (QED) is 0.624. The molecule has 0 spiro atoms. The molecule has 0 amide bonds. The molecule has 166 valence electrons. The number of sulfonamides is 1. The van der Waals surface area contributed by atoms with E-state index >= 15 is 0 Å². The average molecular weight is 465 g/mol. The monoisotopic (exact) mass is 464 g/mol. The second-order valence-corrected chi connectivity index (χ2v) is 9.97. The lowest BCUT2D eigenvalue weighted by atomic mass is 10.1. The minimum absolute atomic E-state index is 0.160. The predicted octanol–water partition coefficient (Wildman–Crippen LogP) is 2.63. The molecular weight excluding hydrogens is 440 g/mol. The maximum Gasteiger partial charge on any atom is 0.211 e. The van der Waals surface area contributed by atoms with E-state index in [4.69, 9.17) is 21.3 Å².